The second kappa shape index (κ2) is 1.77. The molecule has 0 rings (SSSR count). The van der Waals surface area contributed by atoms with E-state index in [2.05, 4.69) is 10.7 Å². The molecule has 0 aliphatic carbocycles. The molecule has 1 N–H and O–H groups in total. The topological polar surface area (TPSA) is 54.4 Å². The summed E-state index contributed by atoms with van der Waals surface area (Å²) in [6.07, 6.45) is 0. The van der Waals surface area contributed by atoms with Crippen LogP contribution >= 0.6 is 10.7 Å². The lowest BCUT2D eigenvalue weighted by atomic mass is 11.7. The summed E-state index contributed by atoms with van der Waals surface area (Å²) in [4.78, 5) is 0. The lowest BCUT2D eigenvalue weighted by molar-refractivity contribution is 0.362. The highest BCUT2D eigenvalue weighted by Crippen LogP contribution is 1.89. The van der Waals surface area contributed by atoms with Gasteiger partial charge < -0.3 is 5.11 Å². The van der Waals surface area contributed by atoms with Crippen molar-refractivity contribution in [2.75, 3.05) is 5.94 Å². The van der Waals surface area contributed by atoms with Gasteiger partial charge in [0.1, 0.15) is 0 Å². The van der Waals surface area contributed by atoms with Crippen LogP contribution in [0.25, 0.3) is 0 Å². The van der Waals surface area contributed by atoms with Crippen LogP contribution in [0, 0.1) is 0 Å². The highest BCUT2D eigenvalue weighted by atomic mass is 35.7. The molecule has 6 heavy (non-hydrogen) atoms. The van der Waals surface area contributed by atoms with E-state index in [0.717, 1.165) is 0 Å². The van der Waals surface area contributed by atoms with Gasteiger partial charge in [-0.25, -0.2) is 8.42 Å². The predicted octanol–water partition coefficient (Wildman–Crippen LogP) is -0.495. The van der Waals surface area contributed by atoms with Gasteiger partial charge in [0.25, 0.3) is 9.05 Å². The van der Waals surface area contributed by atoms with E-state index in [0.29, 0.717) is 0 Å². The Hall–Kier alpha value is 0.200. The first kappa shape index (κ1) is 6.20. The lowest BCUT2D eigenvalue weighted by Gasteiger charge is -1.77. The molecule has 0 fully saturated rings. The zero-order valence-electron chi connectivity index (χ0n) is 2.76. The largest absolute Gasteiger partial charge is 0.379 e. The molecule has 0 aromatic carbocycles. The Morgan fingerprint density at radius 1 is 1.67 bits per heavy atom. The molecular weight excluding hydrogens is 128 g/mol. The van der Waals surface area contributed by atoms with E-state index in [1.54, 1.807) is 0 Å². The monoisotopic (exact) mass is 130 g/mol. The molecule has 3 nitrogen and oxygen atoms in total. The van der Waals surface area contributed by atoms with Crippen molar-refractivity contribution >= 4 is 19.7 Å². The van der Waals surface area contributed by atoms with E-state index in [1.807, 2.05) is 0 Å². The minimum atomic E-state index is -3.63. The van der Waals surface area contributed by atoms with Crippen LogP contribution in [0.15, 0.2) is 0 Å². The first-order valence-corrected chi connectivity index (χ1v) is 3.57. The second-order valence-corrected chi connectivity index (χ2v) is 3.41. The maximum atomic E-state index is 9.52. The summed E-state index contributed by atoms with van der Waals surface area (Å²) in [5, 5.41) is 7.68. The molecule has 38 valence electrons. The smallest absolute Gasteiger partial charge is 0.256 e. The molecule has 0 spiro atoms. The third-order valence-electron chi connectivity index (χ3n) is 0.154. The van der Waals surface area contributed by atoms with Gasteiger partial charge in [0, 0.05) is 10.7 Å². The van der Waals surface area contributed by atoms with Gasteiger partial charge in [-0.15, -0.1) is 0 Å². The molecule has 0 amide bonds. The second-order valence-electron chi connectivity index (χ2n) is 0.668. The normalized spacial score (nSPS) is 11.7. The van der Waals surface area contributed by atoms with E-state index in [4.69, 9.17) is 5.11 Å². The molecule has 5 heteroatoms. The molecule has 0 bridgehead atoms. The Bertz CT molecular complexity index is 113. The first-order valence-electron chi connectivity index (χ1n) is 1.09. The maximum absolute atomic E-state index is 9.52. The van der Waals surface area contributed by atoms with Gasteiger partial charge in [0.15, 0.2) is 5.94 Å². The summed E-state index contributed by atoms with van der Waals surface area (Å²) in [7, 11) is 0.806. The highest BCUT2D eigenvalue weighted by molar-refractivity contribution is 8.13. The quantitative estimate of drug-likeness (QED) is 0.487. The molecular formula is CH3ClO3S. The number of halogens is 1. The minimum absolute atomic E-state index is 0.992. The predicted molar refractivity (Wildman–Crippen MR) is 21.9 cm³/mol. The standard InChI is InChI=1S/CH3ClO3S/c2-6(4,5)1-3/h3H,1H2. The van der Waals surface area contributed by atoms with E-state index in [9.17, 15) is 8.42 Å². The highest BCUT2D eigenvalue weighted by Gasteiger charge is 1.96. The van der Waals surface area contributed by atoms with Gasteiger partial charge in [0.05, 0.1) is 0 Å². The van der Waals surface area contributed by atoms with Gasteiger partial charge in [0.2, 0.25) is 0 Å². The molecule has 0 unspecified atom stereocenters. The fourth-order valence-corrected chi connectivity index (χ4v) is 0. The van der Waals surface area contributed by atoms with E-state index in [-0.39, 0.29) is 0 Å². The van der Waals surface area contributed by atoms with Gasteiger partial charge in [-0.2, -0.15) is 0 Å². The molecule has 0 saturated carbocycles. The summed E-state index contributed by atoms with van der Waals surface area (Å²) in [6.45, 7) is 0. The van der Waals surface area contributed by atoms with Crippen LogP contribution in [0.5, 0.6) is 0 Å². The van der Waals surface area contributed by atoms with Crippen molar-refractivity contribution in [2.24, 2.45) is 0 Å². The van der Waals surface area contributed by atoms with Crippen molar-refractivity contribution in [1.29, 1.82) is 0 Å². The molecule has 0 aliphatic heterocycles. The molecule has 0 atom stereocenters. The van der Waals surface area contributed by atoms with Crippen LogP contribution in [0.2, 0.25) is 0 Å². The van der Waals surface area contributed by atoms with Crippen LogP contribution in [0.3, 0.4) is 0 Å². The summed E-state index contributed by atoms with van der Waals surface area (Å²) in [5.74, 6) is -0.992. The van der Waals surface area contributed by atoms with Crippen LogP contribution in [-0.4, -0.2) is 19.5 Å². The van der Waals surface area contributed by atoms with Crippen LogP contribution in [0.4, 0.5) is 0 Å². The van der Waals surface area contributed by atoms with E-state index < -0.39 is 15.0 Å². The van der Waals surface area contributed by atoms with Crippen LogP contribution in [-0.2, 0) is 9.05 Å². The van der Waals surface area contributed by atoms with Gasteiger partial charge in [-0.05, 0) is 0 Å². The average molecular weight is 131 g/mol. The van der Waals surface area contributed by atoms with Crippen LogP contribution < -0.4 is 0 Å². The van der Waals surface area contributed by atoms with Crippen molar-refractivity contribution in [3.8, 4) is 0 Å². The molecule has 0 aromatic heterocycles. The molecule has 0 radical (unpaired) electrons. The Balaban J connectivity index is 3.85. The summed E-state index contributed by atoms with van der Waals surface area (Å²) in [5.41, 5.74) is 0. The summed E-state index contributed by atoms with van der Waals surface area (Å²) in [6, 6.07) is 0. The van der Waals surface area contributed by atoms with E-state index >= 15 is 0 Å². The Morgan fingerprint density at radius 2 is 1.83 bits per heavy atom. The fraction of sp³-hybridized carbons (Fsp3) is 1.00. The third-order valence-corrected chi connectivity index (χ3v) is 0.755. The lowest BCUT2D eigenvalue weighted by Crippen LogP contribution is -1.92. The van der Waals surface area contributed by atoms with Crippen molar-refractivity contribution in [3.63, 3.8) is 0 Å². The minimum Gasteiger partial charge on any atom is -0.379 e. The van der Waals surface area contributed by atoms with Gasteiger partial charge >= 0.3 is 0 Å². The summed E-state index contributed by atoms with van der Waals surface area (Å²) >= 11 is 0. The zero-order chi connectivity index (χ0) is 5.21. The molecule has 0 saturated heterocycles. The Kier molecular flexibility index (Phi) is 1.83. The Morgan fingerprint density at radius 3 is 1.83 bits per heavy atom. The van der Waals surface area contributed by atoms with Crippen molar-refractivity contribution < 1.29 is 13.5 Å². The number of aliphatic hydroxyl groups excluding tert-OH is 1. The molecule has 0 aliphatic rings. The van der Waals surface area contributed by atoms with Gasteiger partial charge in [-0.3, -0.25) is 0 Å². The van der Waals surface area contributed by atoms with Crippen molar-refractivity contribution in [1.82, 2.24) is 0 Å². The van der Waals surface area contributed by atoms with Crippen molar-refractivity contribution in [3.05, 3.63) is 0 Å². The first-order chi connectivity index (χ1) is 2.56. The van der Waals surface area contributed by atoms with Crippen molar-refractivity contribution in [2.45, 2.75) is 0 Å². The third kappa shape index (κ3) is 4.20. The maximum Gasteiger partial charge on any atom is 0.256 e. The van der Waals surface area contributed by atoms with E-state index in [1.165, 1.54) is 0 Å². The average Bonchev–Trinajstić information content (AvgIpc) is 1.35. The zero-order valence-corrected chi connectivity index (χ0v) is 4.33. The molecule has 0 heterocycles. The molecule has 0 aromatic rings. The number of rotatable bonds is 1. The number of hydrogen-bond donors (Lipinski definition) is 1. The number of aliphatic hydroxyl groups is 1. The van der Waals surface area contributed by atoms with Gasteiger partial charge in [-0.1, -0.05) is 0 Å². The fourth-order valence-electron chi connectivity index (χ4n) is 0. The number of hydrogen-bond acceptors (Lipinski definition) is 3. The Labute approximate surface area is 40.0 Å². The SMILES string of the molecule is O=S(=O)(Cl)CO. The summed E-state index contributed by atoms with van der Waals surface area (Å²) < 4.78 is 19.0. The van der Waals surface area contributed by atoms with Crippen LogP contribution in [0.1, 0.15) is 0 Å².